The van der Waals surface area contributed by atoms with Crippen LogP contribution in [0.5, 0.6) is 0 Å². The fourth-order valence-corrected chi connectivity index (χ4v) is 1.97. The van der Waals surface area contributed by atoms with Crippen LogP contribution in [0.4, 0.5) is 0 Å². The molecule has 3 heteroatoms. The summed E-state index contributed by atoms with van der Waals surface area (Å²) in [6.45, 7) is 1.62. The third-order valence-corrected chi connectivity index (χ3v) is 3.16. The average Bonchev–Trinajstić information content (AvgIpc) is 2.48. The van der Waals surface area contributed by atoms with Crippen molar-refractivity contribution in [1.82, 2.24) is 5.32 Å². The number of likely N-dealkylation sites (N-methyl/N-ethyl adjacent to an activating group) is 1. The summed E-state index contributed by atoms with van der Waals surface area (Å²) in [4.78, 5) is 13.3. The van der Waals surface area contributed by atoms with Crippen LogP contribution in [0.1, 0.15) is 10.4 Å². The van der Waals surface area contributed by atoms with Gasteiger partial charge >= 0.3 is 0 Å². The van der Waals surface area contributed by atoms with E-state index in [2.05, 4.69) is 31.5 Å². The highest BCUT2D eigenvalue weighted by atomic mass is 16.1. The van der Waals surface area contributed by atoms with Crippen molar-refractivity contribution in [3.05, 3.63) is 60.2 Å². The van der Waals surface area contributed by atoms with Crippen LogP contribution in [0, 0.1) is 0 Å². The molecule has 2 aromatic carbocycles. The standard InChI is InChI=1S/C17H20N2O/c1-19(2)13-12-18-17(20)16-10-8-15(9-11-16)14-6-4-3-5-7-14/h3-11H,12-13H2,1-2H3,(H,18,20)/p+1. The van der Waals surface area contributed by atoms with Crippen molar-refractivity contribution in [2.45, 2.75) is 0 Å². The minimum atomic E-state index is -0.00846. The maximum atomic E-state index is 12.0. The van der Waals surface area contributed by atoms with E-state index >= 15 is 0 Å². The molecule has 104 valence electrons. The Kier molecular flexibility index (Phi) is 4.91. The SMILES string of the molecule is C[NH+](C)CCNC(=O)c1ccc(-c2ccccc2)cc1. The van der Waals surface area contributed by atoms with E-state index in [4.69, 9.17) is 0 Å². The molecule has 20 heavy (non-hydrogen) atoms. The molecule has 0 unspecified atom stereocenters. The van der Waals surface area contributed by atoms with Gasteiger partial charge in [-0.05, 0) is 23.3 Å². The number of hydrogen-bond donors (Lipinski definition) is 2. The number of carbonyl (C=O) groups excluding carboxylic acids is 1. The molecule has 0 atom stereocenters. The summed E-state index contributed by atoms with van der Waals surface area (Å²) in [6.07, 6.45) is 0. The zero-order valence-electron chi connectivity index (χ0n) is 12.0. The summed E-state index contributed by atoms with van der Waals surface area (Å²) < 4.78 is 0. The molecule has 0 heterocycles. The smallest absolute Gasteiger partial charge is 0.251 e. The van der Waals surface area contributed by atoms with Gasteiger partial charge in [-0.3, -0.25) is 4.79 Å². The van der Waals surface area contributed by atoms with Gasteiger partial charge < -0.3 is 10.2 Å². The lowest BCUT2D eigenvalue weighted by atomic mass is 10.0. The Hall–Kier alpha value is -2.13. The molecule has 0 saturated carbocycles. The van der Waals surface area contributed by atoms with E-state index in [-0.39, 0.29) is 5.91 Å². The summed E-state index contributed by atoms with van der Waals surface area (Å²) in [5.41, 5.74) is 2.99. The van der Waals surface area contributed by atoms with E-state index < -0.39 is 0 Å². The van der Waals surface area contributed by atoms with E-state index in [9.17, 15) is 4.79 Å². The van der Waals surface area contributed by atoms with Crippen LogP contribution in [0.25, 0.3) is 11.1 Å². The zero-order chi connectivity index (χ0) is 14.4. The van der Waals surface area contributed by atoms with Crippen molar-refractivity contribution < 1.29 is 9.69 Å². The van der Waals surface area contributed by atoms with Gasteiger partial charge in [0.2, 0.25) is 0 Å². The lowest BCUT2D eigenvalue weighted by Crippen LogP contribution is -3.06. The van der Waals surface area contributed by atoms with E-state index in [1.807, 2.05) is 42.5 Å². The average molecular weight is 269 g/mol. The van der Waals surface area contributed by atoms with Gasteiger partial charge in [0.05, 0.1) is 27.2 Å². The van der Waals surface area contributed by atoms with Crippen molar-refractivity contribution >= 4 is 5.91 Å². The molecule has 0 aromatic heterocycles. The van der Waals surface area contributed by atoms with Crippen molar-refractivity contribution in [2.24, 2.45) is 0 Å². The normalized spacial score (nSPS) is 10.6. The first-order valence-corrected chi connectivity index (χ1v) is 6.89. The van der Waals surface area contributed by atoms with Gasteiger partial charge in [-0.15, -0.1) is 0 Å². The Bertz CT molecular complexity index is 547. The number of nitrogens with one attached hydrogen (secondary N) is 2. The van der Waals surface area contributed by atoms with Gasteiger partial charge in [-0.2, -0.15) is 0 Å². The maximum absolute atomic E-state index is 12.0. The molecule has 2 rings (SSSR count). The lowest BCUT2D eigenvalue weighted by molar-refractivity contribution is -0.856. The van der Waals surface area contributed by atoms with Gasteiger partial charge in [0.15, 0.2) is 0 Å². The number of rotatable bonds is 5. The third-order valence-electron chi connectivity index (χ3n) is 3.16. The largest absolute Gasteiger partial charge is 0.346 e. The Morgan fingerprint density at radius 3 is 2.15 bits per heavy atom. The Balaban J connectivity index is 1.99. The molecule has 0 aliphatic heterocycles. The molecule has 0 radical (unpaired) electrons. The fraction of sp³-hybridized carbons (Fsp3) is 0.235. The van der Waals surface area contributed by atoms with E-state index in [0.29, 0.717) is 12.1 Å². The maximum Gasteiger partial charge on any atom is 0.251 e. The topological polar surface area (TPSA) is 33.5 Å². The van der Waals surface area contributed by atoms with E-state index in [1.165, 1.54) is 4.90 Å². The summed E-state index contributed by atoms with van der Waals surface area (Å²) in [7, 11) is 4.14. The molecule has 2 N–H and O–H groups in total. The molecule has 3 nitrogen and oxygen atoms in total. The van der Waals surface area contributed by atoms with Crippen LogP contribution >= 0.6 is 0 Å². The van der Waals surface area contributed by atoms with Crippen molar-refractivity contribution in [3.63, 3.8) is 0 Å². The molecule has 0 saturated heterocycles. The highest BCUT2D eigenvalue weighted by molar-refractivity contribution is 5.94. The predicted octanol–water partition coefficient (Wildman–Crippen LogP) is 1.23. The first-order chi connectivity index (χ1) is 9.66. The first kappa shape index (κ1) is 14.3. The highest BCUT2D eigenvalue weighted by Gasteiger charge is 2.06. The van der Waals surface area contributed by atoms with Crippen LogP contribution in [-0.4, -0.2) is 33.1 Å². The quantitative estimate of drug-likeness (QED) is 0.841. The molecule has 1 amide bonds. The number of amides is 1. The minimum absolute atomic E-state index is 0.00846. The molecule has 2 aromatic rings. The Labute approximate surface area is 120 Å². The van der Waals surface area contributed by atoms with Gasteiger partial charge in [0, 0.05) is 5.56 Å². The predicted molar refractivity (Wildman–Crippen MR) is 81.9 cm³/mol. The number of carbonyl (C=O) groups is 1. The van der Waals surface area contributed by atoms with Crippen molar-refractivity contribution in [3.8, 4) is 11.1 Å². The van der Waals surface area contributed by atoms with Crippen molar-refractivity contribution in [2.75, 3.05) is 27.2 Å². The van der Waals surface area contributed by atoms with Gasteiger partial charge in [0.25, 0.3) is 5.91 Å². The van der Waals surface area contributed by atoms with Crippen molar-refractivity contribution in [1.29, 1.82) is 0 Å². The van der Waals surface area contributed by atoms with Crippen LogP contribution < -0.4 is 10.2 Å². The number of hydrogen-bond acceptors (Lipinski definition) is 1. The summed E-state index contributed by atoms with van der Waals surface area (Å²) >= 11 is 0. The van der Waals surface area contributed by atoms with Gasteiger partial charge in [0.1, 0.15) is 0 Å². The molecule has 0 aliphatic rings. The van der Waals surface area contributed by atoms with Crippen LogP contribution in [0.15, 0.2) is 54.6 Å². The van der Waals surface area contributed by atoms with Crippen LogP contribution in [0.2, 0.25) is 0 Å². The molecular formula is C17H21N2O+. The lowest BCUT2D eigenvalue weighted by Gasteiger charge is -2.09. The number of benzene rings is 2. The van der Waals surface area contributed by atoms with Gasteiger partial charge in [-0.1, -0.05) is 42.5 Å². The second-order valence-electron chi connectivity index (χ2n) is 5.16. The Morgan fingerprint density at radius 2 is 1.55 bits per heavy atom. The van der Waals surface area contributed by atoms with Crippen LogP contribution in [0.3, 0.4) is 0 Å². The van der Waals surface area contributed by atoms with Crippen LogP contribution in [-0.2, 0) is 0 Å². The Morgan fingerprint density at radius 1 is 0.950 bits per heavy atom. The second-order valence-corrected chi connectivity index (χ2v) is 5.16. The van der Waals surface area contributed by atoms with E-state index in [0.717, 1.165) is 17.7 Å². The van der Waals surface area contributed by atoms with E-state index in [1.54, 1.807) is 0 Å². The first-order valence-electron chi connectivity index (χ1n) is 6.89. The monoisotopic (exact) mass is 269 g/mol. The number of quaternary nitrogens is 1. The summed E-state index contributed by atoms with van der Waals surface area (Å²) in [6, 6.07) is 17.9. The molecule has 0 fully saturated rings. The minimum Gasteiger partial charge on any atom is -0.346 e. The third kappa shape index (κ3) is 3.93. The summed E-state index contributed by atoms with van der Waals surface area (Å²) in [5, 5.41) is 2.93. The molecular weight excluding hydrogens is 248 g/mol. The molecule has 0 aliphatic carbocycles. The highest BCUT2D eigenvalue weighted by Crippen LogP contribution is 2.19. The molecule has 0 spiro atoms. The fourth-order valence-electron chi connectivity index (χ4n) is 1.97. The second kappa shape index (κ2) is 6.87. The molecule has 0 bridgehead atoms. The summed E-state index contributed by atoms with van der Waals surface area (Å²) in [5.74, 6) is -0.00846. The van der Waals surface area contributed by atoms with Gasteiger partial charge in [-0.25, -0.2) is 0 Å². The zero-order valence-corrected chi connectivity index (χ0v) is 12.0.